The van der Waals surface area contributed by atoms with E-state index in [0.29, 0.717) is 36.0 Å². The third kappa shape index (κ3) is 4.68. The van der Waals surface area contributed by atoms with Gasteiger partial charge in [-0.15, -0.1) is 0 Å². The van der Waals surface area contributed by atoms with E-state index >= 15 is 0 Å². The Balaban J connectivity index is 1.86. The van der Waals surface area contributed by atoms with Crippen LogP contribution in [0.3, 0.4) is 0 Å². The van der Waals surface area contributed by atoms with Crippen LogP contribution in [0.4, 0.5) is 0 Å². The van der Waals surface area contributed by atoms with Crippen molar-refractivity contribution in [1.29, 1.82) is 0 Å². The predicted molar refractivity (Wildman–Crippen MR) is 98.8 cm³/mol. The van der Waals surface area contributed by atoms with Crippen molar-refractivity contribution in [2.75, 3.05) is 6.61 Å². The summed E-state index contributed by atoms with van der Waals surface area (Å²) in [6.07, 6.45) is 0.650. The van der Waals surface area contributed by atoms with E-state index in [9.17, 15) is 14.4 Å². The smallest absolute Gasteiger partial charge is 0.308 e. The molecule has 1 aliphatic heterocycles. The van der Waals surface area contributed by atoms with E-state index in [1.807, 2.05) is 6.07 Å². The lowest BCUT2D eigenvalue weighted by Gasteiger charge is -2.27. The van der Waals surface area contributed by atoms with E-state index in [0.717, 1.165) is 11.1 Å². The highest BCUT2D eigenvalue weighted by molar-refractivity contribution is 5.72. The van der Waals surface area contributed by atoms with Gasteiger partial charge in [0.05, 0.1) is 6.61 Å². The Kier molecular flexibility index (Phi) is 5.63. The maximum absolute atomic E-state index is 11.5. The van der Waals surface area contributed by atoms with Gasteiger partial charge in [0.2, 0.25) is 0 Å². The first-order chi connectivity index (χ1) is 13.3. The fourth-order valence-electron chi connectivity index (χ4n) is 3.11. The molecule has 0 fully saturated rings. The van der Waals surface area contributed by atoms with Crippen LogP contribution in [0.15, 0.2) is 36.4 Å². The molecule has 1 unspecified atom stereocenters. The van der Waals surface area contributed by atoms with Crippen LogP contribution < -0.4 is 18.9 Å². The zero-order valence-electron chi connectivity index (χ0n) is 15.8. The molecule has 0 saturated carbocycles. The summed E-state index contributed by atoms with van der Waals surface area (Å²) in [4.78, 5) is 33.8. The Bertz CT molecular complexity index is 932. The second kappa shape index (κ2) is 8.12. The predicted octanol–water partition coefficient (Wildman–Crippen LogP) is 3.18. The molecule has 0 bridgehead atoms. The number of rotatable bonds is 4. The number of esters is 3. The van der Waals surface area contributed by atoms with Gasteiger partial charge in [-0.05, 0) is 24.1 Å². The van der Waals surface area contributed by atoms with E-state index in [4.69, 9.17) is 18.9 Å². The monoisotopic (exact) mass is 384 g/mol. The van der Waals surface area contributed by atoms with Crippen molar-refractivity contribution in [3.8, 4) is 23.0 Å². The third-order valence-corrected chi connectivity index (χ3v) is 4.15. The lowest BCUT2D eigenvalue weighted by Crippen LogP contribution is -2.20. The lowest BCUT2D eigenvalue weighted by atomic mass is 9.89. The van der Waals surface area contributed by atoms with Crippen LogP contribution in [0.2, 0.25) is 0 Å². The van der Waals surface area contributed by atoms with Gasteiger partial charge in [0.25, 0.3) is 0 Å². The molecule has 1 atom stereocenters. The highest BCUT2D eigenvalue weighted by atomic mass is 16.5. The molecule has 28 heavy (non-hydrogen) atoms. The fraction of sp³-hybridized carbons (Fsp3) is 0.286. The van der Waals surface area contributed by atoms with E-state index in [1.54, 1.807) is 24.3 Å². The molecule has 0 radical (unpaired) electrons. The Morgan fingerprint density at radius 2 is 1.46 bits per heavy atom. The standard InChI is InChI=1S/C21H20O7/c1-12(22)26-17-5-4-15-8-16(11-25-20(15)9-17)19-7-6-18(27-13(2)23)10-21(19)28-14(3)24/h4-7,9-10,16H,8,11H2,1-3H3. The maximum atomic E-state index is 11.5. The molecule has 0 aliphatic carbocycles. The summed E-state index contributed by atoms with van der Waals surface area (Å²) < 4.78 is 21.3. The molecular formula is C21H20O7. The van der Waals surface area contributed by atoms with Gasteiger partial charge in [-0.2, -0.15) is 0 Å². The summed E-state index contributed by atoms with van der Waals surface area (Å²) in [5.74, 6) is 0.330. The molecule has 1 aliphatic rings. The molecule has 1 heterocycles. The molecule has 0 saturated heterocycles. The summed E-state index contributed by atoms with van der Waals surface area (Å²) in [5, 5.41) is 0. The topological polar surface area (TPSA) is 88.1 Å². The van der Waals surface area contributed by atoms with Crippen molar-refractivity contribution in [1.82, 2.24) is 0 Å². The van der Waals surface area contributed by atoms with Crippen LogP contribution >= 0.6 is 0 Å². The van der Waals surface area contributed by atoms with Crippen molar-refractivity contribution < 1.29 is 33.3 Å². The molecule has 0 aromatic heterocycles. The number of hydrogen-bond donors (Lipinski definition) is 0. The van der Waals surface area contributed by atoms with Crippen LogP contribution in [-0.4, -0.2) is 24.5 Å². The Morgan fingerprint density at radius 1 is 0.857 bits per heavy atom. The Labute approximate surface area is 162 Å². The molecule has 7 nitrogen and oxygen atoms in total. The summed E-state index contributed by atoms with van der Waals surface area (Å²) in [5.41, 5.74) is 1.73. The van der Waals surface area contributed by atoms with Gasteiger partial charge in [0.15, 0.2) is 0 Å². The van der Waals surface area contributed by atoms with Gasteiger partial charge in [-0.3, -0.25) is 14.4 Å². The van der Waals surface area contributed by atoms with Crippen molar-refractivity contribution in [3.05, 3.63) is 47.5 Å². The summed E-state index contributed by atoms with van der Waals surface area (Å²) in [6, 6.07) is 10.2. The van der Waals surface area contributed by atoms with Gasteiger partial charge in [-0.25, -0.2) is 0 Å². The Morgan fingerprint density at radius 3 is 2.11 bits per heavy atom. The van der Waals surface area contributed by atoms with Crippen LogP contribution in [0.5, 0.6) is 23.0 Å². The van der Waals surface area contributed by atoms with Crippen molar-refractivity contribution in [3.63, 3.8) is 0 Å². The average Bonchev–Trinajstić information content (AvgIpc) is 2.60. The van der Waals surface area contributed by atoms with Gasteiger partial charge >= 0.3 is 17.9 Å². The highest BCUT2D eigenvalue weighted by Crippen LogP contribution is 2.39. The second-order valence-electron chi connectivity index (χ2n) is 6.46. The zero-order valence-corrected chi connectivity index (χ0v) is 15.8. The Hall–Kier alpha value is -3.35. The number of benzene rings is 2. The molecule has 3 rings (SSSR count). The molecule has 2 aromatic carbocycles. The van der Waals surface area contributed by atoms with Crippen molar-refractivity contribution >= 4 is 17.9 Å². The molecule has 7 heteroatoms. The van der Waals surface area contributed by atoms with Gasteiger partial charge in [-0.1, -0.05) is 12.1 Å². The molecule has 0 spiro atoms. The van der Waals surface area contributed by atoms with Crippen LogP contribution in [0, 0.1) is 0 Å². The third-order valence-electron chi connectivity index (χ3n) is 4.15. The van der Waals surface area contributed by atoms with Crippen LogP contribution in [0.1, 0.15) is 37.8 Å². The van der Waals surface area contributed by atoms with E-state index < -0.39 is 17.9 Å². The van der Waals surface area contributed by atoms with Crippen molar-refractivity contribution in [2.45, 2.75) is 33.1 Å². The summed E-state index contributed by atoms with van der Waals surface area (Å²) >= 11 is 0. The molecular weight excluding hydrogens is 364 g/mol. The highest BCUT2D eigenvalue weighted by Gasteiger charge is 2.25. The number of carbonyl (C=O) groups is 3. The van der Waals surface area contributed by atoms with Crippen LogP contribution in [0.25, 0.3) is 0 Å². The number of hydrogen-bond acceptors (Lipinski definition) is 7. The van der Waals surface area contributed by atoms with Gasteiger partial charge in [0, 0.05) is 44.4 Å². The zero-order chi connectivity index (χ0) is 20.3. The number of ether oxygens (including phenoxy) is 4. The summed E-state index contributed by atoms with van der Waals surface area (Å²) in [6.45, 7) is 4.31. The normalized spacial score (nSPS) is 15.0. The SMILES string of the molecule is CC(=O)Oc1ccc2c(c1)OCC(c1ccc(OC(C)=O)cc1OC(C)=O)C2. The number of fused-ring (bicyclic) bond motifs is 1. The number of carbonyl (C=O) groups excluding carboxylic acids is 3. The maximum Gasteiger partial charge on any atom is 0.308 e. The van der Waals surface area contributed by atoms with E-state index in [1.165, 1.54) is 26.8 Å². The molecule has 0 N–H and O–H groups in total. The van der Waals surface area contributed by atoms with Gasteiger partial charge in [0.1, 0.15) is 23.0 Å². The quantitative estimate of drug-likeness (QED) is 0.591. The second-order valence-corrected chi connectivity index (χ2v) is 6.46. The van der Waals surface area contributed by atoms with E-state index in [-0.39, 0.29) is 5.92 Å². The van der Waals surface area contributed by atoms with E-state index in [2.05, 4.69) is 0 Å². The fourth-order valence-corrected chi connectivity index (χ4v) is 3.11. The lowest BCUT2D eigenvalue weighted by molar-refractivity contribution is -0.133. The van der Waals surface area contributed by atoms with Crippen molar-refractivity contribution in [2.24, 2.45) is 0 Å². The largest absolute Gasteiger partial charge is 0.493 e. The average molecular weight is 384 g/mol. The summed E-state index contributed by atoms with van der Waals surface area (Å²) in [7, 11) is 0. The minimum absolute atomic E-state index is 0.0622. The first-order valence-electron chi connectivity index (χ1n) is 8.76. The van der Waals surface area contributed by atoms with Crippen LogP contribution in [-0.2, 0) is 20.8 Å². The van der Waals surface area contributed by atoms with Gasteiger partial charge < -0.3 is 18.9 Å². The minimum atomic E-state index is -0.468. The molecule has 146 valence electrons. The first-order valence-corrected chi connectivity index (χ1v) is 8.76. The first kappa shape index (κ1) is 19.4. The minimum Gasteiger partial charge on any atom is -0.493 e. The molecule has 2 aromatic rings. The molecule has 0 amide bonds.